The van der Waals surface area contributed by atoms with E-state index >= 15 is 3.89 Å². The molecule has 7 nitrogen and oxygen atoms in total. The predicted octanol–water partition coefficient (Wildman–Crippen LogP) is 4.86. The Hall–Kier alpha value is -2.85. The van der Waals surface area contributed by atoms with Crippen LogP contribution in [0.1, 0.15) is 33.3 Å². The highest BCUT2D eigenvalue weighted by Crippen LogP contribution is 2.31. The van der Waals surface area contributed by atoms with Gasteiger partial charge in [0.15, 0.2) is 0 Å². The van der Waals surface area contributed by atoms with Gasteiger partial charge in [0, 0.05) is 19.3 Å². The molecule has 1 amide bonds. The van der Waals surface area contributed by atoms with Gasteiger partial charge in [-0.2, -0.15) is 12.9 Å². The van der Waals surface area contributed by atoms with Gasteiger partial charge in [0.1, 0.15) is 6.10 Å². The quantitative estimate of drug-likeness (QED) is 0.479. The molecule has 0 spiro atoms. The Bertz CT molecular complexity index is 1320. The second-order valence-electron chi connectivity index (χ2n) is 8.12. The van der Waals surface area contributed by atoms with Crippen LogP contribution in [0, 0.1) is 0 Å². The number of benzene rings is 2. The lowest BCUT2D eigenvalue weighted by molar-refractivity contribution is -0.0228. The second-order valence-corrected chi connectivity index (χ2v) is 10.1. The third-order valence-corrected chi connectivity index (χ3v) is 7.55. The van der Waals surface area contributed by atoms with Crippen LogP contribution in [0.4, 0.5) is 9.57 Å². The molecule has 0 aliphatic carbocycles. The number of halogens is 2. The molecule has 3 heterocycles. The normalized spacial score (nSPS) is 19.9. The molecular weight excluding hydrogens is 479 g/mol. The Morgan fingerprint density at radius 1 is 1.15 bits per heavy atom. The topological polar surface area (TPSA) is 75.1 Å². The molecule has 3 aromatic rings. The molecule has 10 heteroatoms. The largest absolute Gasteiger partial charge is 0.370 e. The van der Waals surface area contributed by atoms with Gasteiger partial charge in [-0.15, -0.1) is 3.89 Å². The van der Waals surface area contributed by atoms with E-state index in [1.807, 2.05) is 36.4 Å². The molecular formula is C24H22ClFN4O3S. The number of morpholine rings is 1. The average Bonchev–Trinajstić information content (AvgIpc) is 3.30. The van der Waals surface area contributed by atoms with Crippen LogP contribution in [0.2, 0.25) is 5.02 Å². The number of ether oxygens (including phenoxy) is 1. The van der Waals surface area contributed by atoms with Crippen LogP contribution in [-0.4, -0.2) is 44.0 Å². The van der Waals surface area contributed by atoms with Crippen molar-refractivity contribution in [1.82, 2.24) is 14.2 Å². The molecule has 176 valence electrons. The number of hydrogen-bond donors (Lipinski definition) is 0. The molecule has 34 heavy (non-hydrogen) atoms. The van der Waals surface area contributed by atoms with Gasteiger partial charge in [-0.05, 0) is 35.4 Å². The van der Waals surface area contributed by atoms with Gasteiger partial charge in [0.05, 0.1) is 41.7 Å². The van der Waals surface area contributed by atoms with Crippen LogP contribution in [0.5, 0.6) is 0 Å². The van der Waals surface area contributed by atoms with Crippen molar-refractivity contribution in [1.29, 1.82) is 0 Å². The van der Waals surface area contributed by atoms with Crippen molar-refractivity contribution in [2.75, 3.05) is 19.7 Å². The summed E-state index contributed by atoms with van der Waals surface area (Å²) in [7, 11) is -4.19. The number of hydrogen-bond acceptors (Lipinski definition) is 5. The van der Waals surface area contributed by atoms with Crippen molar-refractivity contribution < 1.29 is 17.6 Å². The molecule has 1 saturated heterocycles. The molecule has 2 aliphatic rings. The van der Waals surface area contributed by atoms with E-state index in [9.17, 15) is 9.00 Å². The van der Waals surface area contributed by atoms with Gasteiger partial charge >= 0.3 is 0 Å². The Kier molecular flexibility index (Phi) is 6.35. The predicted molar refractivity (Wildman–Crippen MR) is 127 cm³/mol. The van der Waals surface area contributed by atoms with Crippen LogP contribution in [0.25, 0.3) is 0 Å². The maximum atomic E-state index is 15.1. The van der Waals surface area contributed by atoms with Crippen molar-refractivity contribution in [3.05, 3.63) is 94.3 Å². The molecule has 1 fully saturated rings. The number of carbonyl (C=O) groups is 1. The summed E-state index contributed by atoms with van der Waals surface area (Å²) in [5.41, 5.74) is 2.87. The summed E-state index contributed by atoms with van der Waals surface area (Å²) in [5.74, 6) is -0.247. The zero-order chi connectivity index (χ0) is 23.7. The van der Waals surface area contributed by atoms with Crippen molar-refractivity contribution in [2.24, 2.45) is 4.36 Å². The molecule has 1 unspecified atom stereocenters. The first-order valence-corrected chi connectivity index (χ1v) is 12.6. The second kappa shape index (κ2) is 9.42. The molecule has 0 saturated carbocycles. The lowest BCUT2D eigenvalue weighted by Crippen LogP contribution is -2.42. The summed E-state index contributed by atoms with van der Waals surface area (Å²) in [4.78, 5) is 19.0. The van der Waals surface area contributed by atoms with Crippen LogP contribution < -0.4 is 0 Å². The number of amides is 1. The highest BCUT2D eigenvalue weighted by molar-refractivity contribution is 7.86. The van der Waals surface area contributed by atoms with Crippen LogP contribution in [0.15, 0.2) is 71.2 Å². The SMILES string of the molecule is O=C(c1ccc(N=S(=O)(F)N2Cc3cccnc3C2)cc1Cl)N1CCO[C@@H](c2ccccc2)C1. The Balaban J connectivity index is 1.33. The summed E-state index contributed by atoms with van der Waals surface area (Å²) in [6.45, 7) is 1.51. The number of carbonyl (C=O) groups excluding carboxylic acids is 1. The van der Waals surface area contributed by atoms with Crippen LogP contribution in [-0.2, 0) is 28.1 Å². The molecule has 0 radical (unpaired) electrons. The number of nitrogens with zero attached hydrogens (tertiary/aromatic N) is 4. The minimum Gasteiger partial charge on any atom is -0.370 e. The number of aromatic nitrogens is 1. The van der Waals surface area contributed by atoms with Crippen LogP contribution >= 0.6 is 11.6 Å². The number of pyridine rings is 1. The fourth-order valence-electron chi connectivity index (χ4n) is 4.13. The maximum Gasteiger partial charge on any atom is 0.276 e. The van der Waals surface area contributed by atoms with E-state index in [1.54, 1.807) is 17.2 Å². The van der Waals surface area contributed by atoms with Gasteiger partial charge in [-0.25, -0.2) is 0 Å². The van der Waals surface area contributed by atoms with E-state index in [1.165, 1.54) is 18.2 Å². The van der Waals surface area contributed by atoms with Gasteiger partial charge in [0.2, 0.25) is 0 Å². The molecule has 2 atom stereocenters. The molecule has 5 rings (SSSR count). The Morgan fingerprint density at radius 3 is 2.74 bits per heavy atom. The molecule has 2 aliphatic heterocycles. The minimum atomic E-state index is -4.19. The Labute approximate surface area is 202 Å². The van der Waals surface area contributed by atoms with E-state index in [2.05, 4.69) is 9.35 Å². The van der Waals surface area contributed by atoms with Gasteiger partial charge in [-0.3, -0.25) is 9.78 Å². The smallest absolute Gasteiger partial charge is 0.276 e. The van der Waals surface area contributed by atoms with Gasteiger partial charge in [0.25, 0.3) is 16.2 Å². The van der Waals surface area contributed by atoms with E-state index in [-0.39, 0.29) is 41.4 Å². The molecule has 2 aromatic carbocycles. The van der Waals surface area contributed by atoms with Gasteiger partial charge in [-0.1, -0.05) is 48.0 Å². The first kappa shape index (κ1) is 22.9. The van der Waals surface area contributed by atoms with Crippen molar-refractivity contribution in [2.45, 2.75) is 19.2 Å². The van der Waals surface area contributed by atoms with Crippen LogP contribution in [0.3, 0.4) is 0 Å². The highest BCUT2D eigenvalue weighted by Gasteiger charge is 2.30. The first-order valence-electron chi connectivity index (χ1n) is 10.8. The lowest BCUT2D eigenvalue weighted by Gasteiger charge is -2.33. The van der Waals surface area contributed by atoms with E-state index in [0.717, 1.165) is 15.4 Å². The molecule has 0 N–H and O–H groups in total. The van der Waals surface area contributed by atoms with E-state index in [4.69, 9.17) is 16.3 Å². The lowest BCUT2D eigenvalue weighted by atomic mass is 10.1. The number of rotatable bonds is 4. The summed E-state index contributed by atoms with van der Waals surface area (Å²) in [6, 6.07) is 17.6. The average molecular weight is 501 g/mol. The van der Waals surface area contributed by atoms with Gasteiger partial charge < -0.3 is 9.64 Å². The fraction of sp³-hybridized carbons (Fsp3) is 0.250. The minimum absolute atomic E-state index is 0.0992. The fourth-order valence-corrected chi connectivity index (χ4v) is 5.45. The highest BCUT2D eigenvalue weighted by atomic mass is 35.5. The monoisotopic (exact) mass is 500 g/mol. The summed E-state index contributed by atoms with van der Waals surface area (Å²) in [6.07, 6.45) is 1.40. The third kappa shape index (κ3) is 4.69. The summed E-state index contributed by atoms with van der Waals surface area (Å²) < 4.78 is 38.6. The third-order valence-electron chi connectivity index (χ3n) is 5.90. The zero-order valence-electron chi connectivity index (χ0n) is 18.1. The van der Waals surface area contributed by atoms with Crippen molar-refractivity contribution in [3.63, 3.8) is 0 Å². The number of fused-ring (bicyclic) bond motifs is 1. The maximum absolute atomic E-state index is 15.1. The first-order chi connectivity index (χ1) is 16.4. The van der Waals surface area contributed by atoms with Crippen molar-refractivity contribution >= 4 is 33.5 Å². The standard InChI is InChI=1S/C24H22ClFN4O3S/c25-21-13-19(28-34(26,32)30-14-18-7-4-10-27-22(18)15-30)8-9-20(21)24(31)29-11-12-33-23(16-29)17-5-2-1-3-6-17/h1-10,13,23H,11-12,14-16H2/t23-,34?/m1/s1. The summed E-state index contributed by atoms with van der Waals surface area (Å²) in [5, 5.41) is 0.121. The Morgan fingerprint density at radius 2 is 1.97 bits per heavy atom. The molecule has 1 aromatic heterocycles. The van der Waals surface area contributed by atoms with E-state index < -0.39 is 10.3 Å². The zero-order valence-corrected chi connectivity index (χ0v) is 19.7. The van der Waals surface area contributed by atoms with E-state index in [0.29, 0.717) is 25.4 Å². The van der Waals surface area contributed by atoms with Crippen molar-refractivity contribution in [3.8, 4) is 0 Å². The summed E-state index contributed by atoms with van der Waals surface area (Å²) >= 11 is 6.38. The molecule has 0 bridgehead atoms.